The van der Waals surface area contributed by atoms with Gasteiger partial charge in [-0.2, -0.15) is 13.2 Å². The predicted molar refractivity (Wildman–Crippen MR) is 70.7 cm³/mol. The number of aryl methyl sites for hydroxylation is 1. The molecule has 0 aliphatic heterocycles. The Morgan fingerprint density at radius 3 is 2.37 bits per heavy atom. The molecule has 2 N–H and O–H groups in total. The van der Waals surface area contributed by atoms with Crippen molar-refractivity contribution in [1.29, 1.82) is 0 Å². The summed E-state index contributed by atoms with van der Waals surface area (Å²) in [5.74, 6) is 0. The van der Waals surface area contributed by atoms with E-state index in [1.54, 1.807) is 24.3 Å². The highest BCUT2D eigenvalue weighted by Gasteiger charge is 2.33. The van der Waals surface area contributed by atoms with E-state index in [1.165, 1.54) is 12.1 Å². The molecule has 0 heterocycles. The van der Waals surface area contributed by atoms with E-state index < -0.39 is 11.7 Å². The molecule has 0 aromatic heterocycles. The highest BCUT2D eigenvalue weighted by molar-refractivity contribution is 5.71. The van der Waals surface area contributed by atoms with E-state index in [9.17, 15) is 13.2 Å². The van der Waals surface area contributed by atoms with E-state index in [-0.39, 0.29) is 5.56 Å². The van der Waals surface area contributed by atoms with Crippen molar-refractivity contribution in [3.05, 3.63) is 53.6 Å². The van der Waals surface area contributed by atoms with Gasteiger partial charge in [0.15, 0.2) is 0 Å². The van der Waals surface area contributed by atoms with Gasteiger partial charge in [-0.15, -0.1) is 0 Å². The Kier molecular flexibility index (Phi) is 3.51. The molecule has 0 aliphatic carbocycles. The average molecular weight is 265 g/mol. The van der Waals surface area contributed by atoms with E-state index in [2.05, 4.69) is 0 Å². The van der Waals surface area contributed by atoms with E-state index in [1.807, 2.05) is 6.92 Å². The first-order valence-electron chi connectivity index (χ1n) is 5.98. The lowest BCUT2D eigenvalue weighted by Crippen LogP contribution is -2.07. The molecule has 0 bridgehead atoms. The fourth-order valence-corrected chi connectivity index (χ4v) is 2.06. The number of benzene rings is 2. The molecule has 100 valence electrons. The number of nitrogen functional groups attached to an aromatic ring is 1. The standard InChI is InChI=1S/C15H14F3N/c1-2-10-9-11(7-8-14(10)19)12-5-3-4-6-13(12)15(16,17)18/h3-9H,2,19H2,1H3. The van der Waals surface area contributed by atoms with Gasteiger partial charge in [-0.05, 0) is 41.3 Å². The molecule has 0 spiro atoms. The molecule has 2 rings (SSSR count). The van der Waals surface area contributed by atoms with Crippen molar-refractivity contribution in [1.82, 2.24) is 0 Å². The summed E-state index contributed by atoms with van der Waals surface area (Å²) in [5.41, 5.74) is 7.35. The van der Waals surface area contributed by atoms with Gasteiger partial charge in [-0.3, -0.25) is 0 Å². The Morgan fingerprint density at radius 2 is 1.74 bits per heavy atom. The highest BCUT2D eigenvalue weighted by Crippen LogP contribution is 2.37. The van der Waals surface area contributed by atoms with Crippen LogP contribution in [0.15, 0.2) is 42.5 Å². The third-order valence-corrected chi connectivity index (χ3v) is 3.07. The third kappa shape index (κ3) is 2.72. The Labute approximate surface area is 109 Å². The molecule has 0 saturated heterocycles. The normalized spacial score (nSPS) is 11.6. The van der Waals surface area contributed by atoms with Gasteiger partial charge in [0, 0.05) is 5.69 Å². The summed E-state index contributed by atoms with van der Waals surface area (Å²) in [4.78, 5) is 0. The maximum Gasteiger partial charge on any atom is 0.417 e. The van der Waals surface area contributed by atoms with Crippen LogP contribution in [0, 0.1) is 0 Å². The summed E-state index contributed by atoms with van der Waals surface area (Å²) in [7, 11) is 0. The molecule has 0 saturated carbocycles. The summed E-state index contributed by atoms with van der Waals surface area (Å²) in [6.07, 6.45) is -3.67. The molecule has 0 fully saturated rings. The maximum absolute atomic E-state index is 13.0. The van der Waals surface area contributed by atoms with E-state index in [4.69, 9.17) is 5.73 Å². The summed E-state index contributed by atoms with van der Waals surface area (Å²) in [6.45, 7) is 1.92. The van der Waals surface area contributed by atoms with Crippen LogP contribution in [0.2, 0.25) is 0 Å². The van der Waals surface area contributed by atoms with Gasteiger partial charge in [-0.1, -0.05) is 31.2 Å². The zero-order valence-electron chi connectivity index (χ0n) is 10.5. The Bertz CT molecular complexity index is 588. The molecular weight excluding hydrogens is 251 g/mol. The molecule has 0 unspecified atom stereocenters. The topological polar surface area (TPSA) is 26.0 Å². The minimum absolute atomic E-state index is 0.185. The Morgan fingerprint density at radius 1 is 1.05 bits per heavy atom. The van der Waals surface area contributed by atoms with E-state index in [0.29, 0.717) is 17.7 Å². The number of hydrogen-bond acceptors (Lipinski definition) is 1. The van der Waals surface area contributed by atoms with Crippen LogP contribution in [0.1, 0.15) is 18.1 Å². The predicted octanol–water partition coefficient (Wildman–Crippen LogP) is 4.52. The van der Waals surface area contributed by atoms with Gasteiger partial charge in [-0.25, -0.2) is 0 Å². The number of alkyl halides is 3. The highest BCUT2D eigenvalue weighted by atomic mass is 19.4. The van der Waals surface area contributed by atoms with E-state index in [0.717, 1.165) is 11.6 Å². The monoisotopic (exact) mass is 265 g/mol. The first-order chi connectivity index (χ1) is 8.93. The molecule has 0 atom stereocenters. The van der Waals surface area contributed by atoms with Crippen LogP contribution in [-0.2, 0) is 12.6 Å². The lowest BCUT2D eigenvalue weighted by atomic mass is 9.96. The number of anilines is 1. The smallest absolute Gasteiger partial charge is 0.399 e. The molecule has 1 nitrogen and oxygen atoms in total. The maximum atomic E-state index is 13.0. The molecule has 4 heteroatoms. The van der Waals surface area contributed by atoms with E-state index >= 15 is 0 Å². The van der Waals surface area contributed by atoms with Crippen LogP contribution in [0.3, 0.4) is 0 Å². The van der Waals surface area contributed by atoms with Crippen molar-refractivity contribution in [3.63, 3.8) is 0 Å². The van der Waals surface area contributed by atoms with Gasteiger partial charge in [0.1, 0.15) is 0 Å². The minimum Gasteiger partial charge on any atom is -0.399 e. The van der Waals surface area contributed by atoms with Gasteiger partial charge in [0.2, 0.25) is 0 Å². The molecule has 19 heavy (non-hydrogen) atoms. The Hall–Kier alpha value is -1.97. The second-order valence-electron chi connectivity index (χ2n) is 4.31. The van der Waals surface area contributed by atoms with Gasteiger partial charge in [0.25, 0.3) is 0 Å². The SMILES string of the molecule is CCc1cc(-c2ccccc2C(F)(F)F)ccc1N. The summed E-state index contributed by atoms with van der Waals surface area (Å²) >= 11 is 0. The molecule has 2 aromatic rings. The number of hydrogen-bond donors (Lipinski definition) is 1. The molecule has 0 amide bonds. The van der Waals surface area contributed by atoms with Crippen molar-refractivity contribution < 1.29 is 13.2 Å². The zero-order valence-corrected chi connectivity index (χ0v) is 10.5. The fourth-order valence-electron chi connectivity index (χ4n) is 2.06. The van der Waals surface area contributed by atoms with Crippen molar-refractivity contribution >= 4 is 5.69 Å². The average Bonchev–Trinajstić information content (AvgIpc) is 2.38. The largest absolute Gasteiger partial charge is 0.417 e. The van der Waals surface area contributed by atoms with Crippen LogP contribution in [-0.4, -0.2) is 0 Å². The molecular formula is C15H14F3N. The second kappa shape index (κ2) is 4.96. The van der Waals surface area contributed by atoms with Gasteiger partial charge >= 0.3 is 6.18 Å². The lowest BCUT2D eigenvalue weighted by Gasteiger charge is -2.14. The van der Waals surface area contributed by atoms with Crippen LogP contribution in [0.5, 0.6) is 0 Å². The Balaban J connectivity index is 2.59. The lowest BCUT2D eigenvalue weighted by molar-refractivity contribution is -0.137. The number of nitrogens with two attached hydrogens (primary N) is 1. The minimum atomic E-state index is -4.36. The van der Waals surface area contributed by atoms with Crippen molar-refractivity contribution in [3.8, 4) is 11.1 Å². The molecule has 0 aliphatic rings. The first-order valence-corrected chi connectivity index (χ1v) is 5.98. The van der Waals surface area contributed by atoms with Crippen LogP contribution < -0.4 is 5.73 Å². The van der Waals surface area contributed by atoms with Crippen LogP contribution in [0.25, 0.3) is 11.1 Å². The summed E-state index contributed by atoms with van der Waals surface area (Å²) in [5, 5.41) is 0. The molecule has 2 aromatic carbocycles. The third-order valence-electron chi connectivity index (χ3n) is 3.07. The van der Waals surface area contributed by atoms with Crippen molar-refractivity contribution in [2.45, 2.75) is 19.5 Å². The summed E-state index contributed by atoms with van der Waals surface area (Å²) in [6, 6.07) is 10.6. The summed E-state index contributed by atoms with van der Waals surface area (Å²) < 4.78 is 38.9. The first kappa shape index (κ1) is 13.5. The second-order valence-corrected chi connectivity index (χ2v) is 4.31. The van der Waals surface area contributed by atoms with Crippen molar-refractivity contribution in [2.24, 2.45) is 0 Å². The van der Waals surface area contributed by atoms with Crippen LogP contribution >= 0.6 is 0 Å². The number of halogens is 3. The fraction of sp³-hybridized carbons (Fsp3) is 0.200. The van der Waals surface area contributed by atoms with Crippen molar-refractivity contribution in [2.75, 3.05) is 5.73 Å². The van der Waals surface area contributed by atoms with Gasteiger partial charge in [0.05, 0.1) is 5.56 Å². The molecule has 0 radical (unpaired) electrons. The zero-order chi connectivity index (χ0) is 14.0. The number of rotatable bonds is 2. The van der Waals surface area contributed by atoms with Crippen LogP contribution in [0.4, 0.5) is 18.9 Å². The quantitative estimate of drug-likeness (QED) is 0.794. The van der Waals surface area contributed by atoms with Gasteiger partial charge < -0.3 is 5.73 Å².